The fraction of sp³-hybridized carbons (Fsp3) is 0. The number of fused-ring (bicyclic) bond motifs is 1. The molecule has 124 valence electrons. The lowest BCUT2D eigenvalue weighted by atomic mass is 10.1. The molecule has 0 spiro atoms. The van der Waals surface area contributed by atoms with Gasteiger partial charge in [0.1, 0.15) is 5.75 Å². The second kappa shape index (κ2) is 7.27. The zero-order valence-electron chi connectivity index (χ0n) is 13.1. The average molecular weight is 334 g/mol. The predicted octanol–water partition coefficient (Wildman–Crippen LogP) is 3.48. The van der Waals surface area contributed by atoms with Crippen molar-refractivity contribution in [2.24, 2.45) is 0 Å². The molecule has 3 aromatic rings. The summed E-state index contributed by atoms with van der Waals surface area (Å²) in [6.45, 7) is 0. The van der Waals surface area contributed by atoms with Crippen LogP contribution in [0.25, 0.3) is 10.8 Å². The van der Waals surface area contributed by atoms with Crippen LogP contribution >= 0.6 is 0 Å². The summed E-state index contributed by atoms with van der Waals surface area (Å²) in [5.74, 6) is -0.329. The van der Waals surface area contributed by atoms with E-state index in [0.717, 1.165) is 10.8 Å². The molecule has 0 unspecified atom stereocenters. The van der Waals surface area contributed by atoms with Crippen molar-refractivity contribution in [1.82, 2.24) is 10.6 Å². The van der Waals surface area contributed by atoms with Crippen molar-refractivity contribution < 1.29 is 19.1 Å². The second-order valence-electron chi connectivity index (χ2n) is 5.17. The van der Waals surface area contributed by atoms with Crippen LogP contribution in [0.5, 0.6) is 5.75 Å². The van der Waals surface area contributed by atoms with Gasteiger partial charge in [0.25, 0.3) is 5.91 Å². The van der Waals surface area contributed by atoms with Crippen molar-refractivity contribution in [2.45, 2.75) is 0 Å². The molecule has 0 radical (unpaired) electrons. The maximum absolute atomic E-state index is 12.1. The van der Waals surface area contributed by atoms with Gasteiger partial charge in [-0.2, -0.15) is 0 Å². The number of hydrogen-bond acceptors (Lipinski definition) is 4. The van der Waals surface area contributed by atoms with E-state index in [4.69, 9.17) is 4.74 Å². The van der Waals surface area contributed by atoms with Crippen LogP contribution in [-0.4, -0.2) is 18.0 Å². The van der Waals surface area contributed by atoms with E-state index in [-0.39, 0.29) is 5.75 Å². The van der Waals surface area contributed by atoms with E-state index < -0.39 is 18.0 Å². The number of carbonyl (C=O) groups is 3. The summed E-state index contributed by atoms with van der Waals surface area (Å²) in [4.78, 5) is 35.5. The number of imide groups is 2. The third-order valence-electron chi connectivity index (χ3n) is 3.41. The molecular weight excluding hydrogens is 320 g/mol. The minimum atomic E-state index is -0.977. The number of carbonyl (C=O) groups excluding carboxylic acids is 3. The van der Waals surface area contributed by atoms with Gasteiger partial charge < -0.3 is 4.74 Å². The van der Waals surface area contributed by atoms with Crippen molar-refractivity contribution in [3.63, 3.8) is 0 Å². The van der Waals surface area contributed by atoms with E-state index in [1.807, 2.05) is 29.6 Å². The monoisotopic (exact) mass is 334 g/mol. The number of urea groups is 1. The lowest BCUT2D eigenvalue weighted by molar-refractivity contribution is 0.0964. The largest absolute Gasteiger partial charge is 0.420 e. The van der Waals surface area contributed by atoms with Crippen molar-refractivity contribution in [3.05, 3.63) is 78.4 Å². The molecule has 25 heavy (non-hydrogen) atoms. The summed E-state index contributed by atoms with van der Waals surface area (Å²) in [5, 5.41) is 5.88. The molecule has 0 fully saturated rings. The van der Waals surface area contributed by atoms with E-state index in [2.05, 4.69) is 5.32 Å². The van der Waals surface area contributed by atoms with Crippen molar-refractivity contribution >= 4 is 28.8 Å². The second-order valence-corrected chi connectivity index (χ2v) is 5.17. The number of rotatable bonds is 2. The molecule has 6 nitrogen and oxygen atoms in total. The highest BCUT2D eigenvalue weighted by molar-refractivity contribution is 6.08. The average Bonchev–Trinajstić information content (AvgIpc) is 2.61. The standard InChI is InChI=1S/C19H14N2O4/c22-17(15-11-10-13-6-4-5-7-14(13)12-15)20-18(23)21-19(24)25-16-8-2-1-3-9-16/h1-12H,(H2,20,21,22,23,24). The maximum atomic E-state index is 12.1. The SMILES string of the molecule is O=C(NC(=O)Oc1ccccc1)NC(=O)c1ccc2ccccc2c1. The van der Waals surface area contributed by atoms with Gasteiger partial charge in [0.05, 0.1) is 0 Å². The maximum Gasteiger partial charge on any atom is 0.420 e. The Labute approximate surface area is 143 Å². The minimum Gasteiger partial charge on any atom is -0.410 e. The lowest BCUT2D eigenvalue weighted by Crippen LogP contribution is -2.43. The molecule has 3 rings (SSSR count). The van der Waals surface area contributed by atoms with E-state index in [0.29, 0.717) is 5.56 Å². The van der Waals surface area contributed by atoms with Crippen LogP contribution < -0.4 is 15.4 Å². The highest BCUT2D eigenvalue weighted by Gasteiger charge is 2.14. The molecule has 6 heteroatoms. The highest BCUT2D eigenvalue weighted by Crippen LogP contribution is 2.15. The van der Waals surface area contributed by atoms with Gasteiger partial charge in [-0.3, -0.25) is 10.1 Å². The summed E-state index contributed by atoms with van der Waals surface area (Å²) in [5.41, 5.74) is 0.310. The Bertz CT molecular complexity index is 938. The summed E-state index contributed by atoms with van der Waals surface area (Å²) in [6.07, 6.45) is -0.977. The molecule has 0 aliphatic carbocycles. The fourth-order valence-electron chi connectivity index (χ4n) is 2.25. The van der Waals surface area contributed by atoms with Gasteiger partial charge in [0, 0.05) is 5.56 Å². The van der Waals surface area contributed by atoms with Crippen LogP contribution in [0.1, 0.15) is 10.4 Å². The first-order valence-electron chi connectivity index (χ1n) is 7.50. The Kier molecular flexibility index (Phi) is 4.71. The zero-order valence-corrected chi connectivity index (χ0v) is 13.1. The zero-order chi connectivity index (χ0) is 17.6. The predicted molar refractivity (Wildman–Crippen MR) is 92.4 cm³/mol. The van der Waals surface area contributed by atoms with Crippen LogP contribution in [0.15, 0.2) is 72.8 Å². The number of nitrogens with one attached hydrogen (secondary N) is 2. The molecule has 0 saturated carbocycles. The summed E-state index contributed by atoms with van der Waals surface area (Å²) < 4.78 is 4.91. The molecule has 2 N–H and O–H groups in total. The third kappa shape index (κ3) is 4.20. The first-order valence-corrected chi connectivity index (χ1v) is 7.50. The molecule has 0 atom stereocenters. The van der Waals surface area contributed by atoms with Gasteiger partial charge in [-0.25, -0.2) is 14.9 Å². The van der Waals surface area contributed by atoms with E-state index >= 15 is 0 Å². The first kappa shape index (κ1) is 16.2. The molecule has 0 aliphatic heterocycles. The Morgan fingerprint density at radius 2 is 1.40 bits per heavy atom. The number of hydrogen-bond donors (Lipinski definition) is 2. The normalized spacial score (nSPS) is 10.1. The van der Waals surface area contributed by atoms with Crippen molar-refractivity contribution in [3.8, 4) is 5.75 Å². The molecule has 3 aromatic carbocycles. The molecule has 0 aliphatic rings. The van der Waals surface area contributed by atoms with Crippen molar-refractivity contribution in [2.75, 3.05) is 0 Å². The van der Waals surface area contributed by atoms with Crippen LogP contribution in [-0.2, 0) is 0 Å². The molecular formula is C19H14N2O4. The van der Waals surface area contributed by atoms with Crippen LogP contribution in [0, 0.1) is 0 Å². The van der Waals surface area contributed by atoms with Gasteiger partial charge in [-0.1, -0.05) is 48.5 Å². The van der Waals surface area contributed by atoms with Crippen LogP contribution in [0.4, 0.5) is 9.59 Å². The molecule has 0 saturated heterocycles. The molecule has 0 aromatic heterocycles. The first-order chi connectivity index (χ1) is 12.1. The summed E-state index contributed by atoms with van der Waals surface area (Å²) in [7, 11) is 0. The Balaban J connectivity index is 1.59. The van der Waals surface area contributed by atoms with Gasteiger partial charge in [-0.15, -0.1) is 0 Å². The number of ether oxygens (including phenoxy) is 1. The van der Waals surface area contributed by atoms with Gasteiger partial charge >= 0.3 is 12.1 Å². The van der Waals surface area contributed by atoms with Crippen LogP contribution in [0.3, 0.4) is 0 Å². The number of para-hydroxylation sites is 1. The number of amides is 4. The fourth-order valence-corrected chi connectivity index (χ4v) is 2.25. The van der Waals surface area contributed by atoms with Crippen LogP contribution in [0.2, 0.25) is 0 Å². The lowest BCUT2D eigenvalue weighted by Gasteiger charge is -2.07. The molecule has 0 heterocycles. The summed E-state index contributed by atoms with van der Waals surface area (Å²) >= 11 is 0. The third-order valence-corrected chi connectivity index (χ3v) is 3.41. The smallest absolute Gasteiger partial charge is 0.410 e. The van der Waals surface area contributed by atoms with E-state index in [1.165, 1.54) is 0 Å². The minimum absolute atomic E-state index is 0.286. The Morgan fingerprint density at radius 1 is 0.720 bits per heavy atom. The van der Waals surface area contributed by atoms with Crippen molar-refractivity contribution in [1.29, 1.82) is 0 Å². The van der Waals surface area contributed by atoms with E-state index in [1.54, 1.807) is 48.5 Å². The Hall–Kier alpha value is -3.67. The number of benzene rings is 3. The van der Waals surface area contributed by atoms with Gasteiger partial charge in [0.2, 0.25) is 0 Å². The van der Waals surface area contributed by atoms with E-state index in [9.17, 15) is 14.4 Å². The quantitative estimate of drug-likeness (QED) is 0.751. The van der Waals surface area contributed by atoms with Gasteiger partial charge in [-0.05, 0) is 35.0 Å². The molecule has 4 amide bonds. The Morgan fingerprint density at radius 3 is 2.16 bits per heavy atom. The van der Waals surface area contributed by atoms with Gasteiger partial charge in [0.15, 0.2) is 0 Å². The summed E-state index contributed by atoms with van der Waals surface area (Å²) in [6, 6.07) is 19.9. The topological polar surface area (TPSA) is 84.5 Å². The highest BCUT2D eigenvalue weighted by atomic mass is 16.6. The molecule has 0 bridgehead atoms.